The third-order valence-corrected chi connectivity index (χ3v) is 2.39. The first kappa shape index (κ1) is 7.76. The highest BCUT2D eigenvalue weighted by molar-refractivity contribution is 9.10. The third kappa shape index (κ3) is 1.04. The summed E-state index contributed by atoms with van der Waals surface area (Å²) in [4.78, 5) is 4.23. The van der Waals surface area contributed by atoms with Gasteiger partial charge in [-0.25, -0.2) is 4.98 Å². The van der Waals surface area contributed by atoms with Crippen molar-refractivity contribution in [2.75, 3.05) is 0 Å². The molecule has 0 saturated carbocycles. The first-order valence-electron chi connectivity index (χ1n) is 3.63. The van der Waals surface area contributed by atoms with E-state index in [0.29, 0.717) is 6.54 Å². The van der Waals surface area contributed by atoms with Crippen LogP contribution in [0.1, 0.15) is 5.69 Å². The fourth-order valence-electron chi connectivity index (χ4n) is 1.18. The number of aromatic nitrogens is 2. The SMILES string of the molecule is NCc1cnc2c(Br)cccn12. The Balaban J connectivity index is 2.80. The van der Waals surface area contributed by atoms with E-state index in [-0.39, 0.29) is 0 Å². The Bertz CT molecular complexity index is 408. The number of hydrogen-bond acceptors (Lipinski definition) is 2. The third-order valence-electron chi connectivity index (χ3n) is 1.77. The molecule has 0 aliphatic heterocycles. The number of nitrogens with zero attached hydrogens (tertiary/aromatic N) is 2. The summed E-state index contributed by atoms with van der Waals surface area (Å²) >= 11 is 3.42. The Morgan fingerprint density at radius 1 is 1.58 bits per heavy atom. The van der Waals surface area contributed by atoms with Crippen molar-refractivity contribution in [2.45, 2.75) is 6.54 Å². The largest absolute Gasteiger partial charge is 0.325 e. The second kappa shape index (κ2) is 2.88. The van der Waals surface area contributed by atoms with Gasteiger partial charge in [0.05, 0.1) is 16.4 Å². The van der Waals surface area contributed by atoms with E-state index in [1.54, 1.807) is 6.20 Å². The number of nitrogens with two attached hydrogens (primary N) is 1. The molecule has 12 heavy (non-hydrogen) atoms. The van der Waals surface area contributed by atoms with Gasteiger partial charge in [0.25, 0.3) is 0 Å². The zero-order valence-corrected chi connectivity index (χ0v) is 7.95. The first-order chi connectivity index (χ1) is 5.83. The Labute approximate surface area is 78.3 Å². The summed E-state index contributed by atoms with van der Waals surface area (Å²) in [5.74, 6) is 0. The molecule has 2 rings (SSSR count). The highest BCUT2D eigenvalue weighted by Crippen LogP contribution is 2.16. The van der Waals surface area contributed by atoms with Gasteiger partial charge in [-0.2, -0.15) is 0 Å². The fraction of sp³-hybridized carbons (Fsp3) is 0.125. The summed E-state index contributed by atoms with van der Waals surface area (Å²) in [7, 11) is 0. The maximum Gasteiger partial charge on any atom is 0.151 e. The van der Waals surface area contributed by atoms with Crippen LogP contribution in [0.3, 0.4) is 0 Å². The molecule has 0 unspecified atom stereocenters. The molecule has 2 N–H and O–H groups in total. The van der Waals surface area contributed by atoms with Crippen molar-refractivity contribution in [3.63, 3.8) is 0 Å². The molecule has 0 aliphatic rings. The molecular formula is C8H8BrN3. The predicted octanol–water partition coefficient (Wildman–Crippen LogP) is 1.56. The molecule has 4 heteroatoms. The molecule has 0 aromatic carbocycles. The zero-order valence-electron chi connectivity index (χ0n) is 6.37. The summed E-state index contributed by atoms with van der Waals surface area (Å²) in [6, 6.07) is 3.92. The van der Waals surface area contributed by atoms with Gasteiger partial charge >= 0.3 is 0 Å². The lowest BCUT2D eigenvalue weighted by Gasteiger charge is -1.98. The summed E-state index contributed by atoms with van der Waals surface area (Å²) in [5.41, 5.74) is 7.47. The van der Waals surface area contributed by atoms with Crippen LogP contribution in [0.15, 0.2) is 29.0 Å². The number of halogens is 1. The Morgan fingerprint density at radius 3 is 3.17 bits per heavy atom. The lowest BCUT2D eigenvalue weighted by Crippen LogP contribution is -2.00. The number of pyridine rings is 1. The fourth-order valence-corrected chi connectivity index (χ4v) is 1.62. The number of imidazole rings is 1. The average Bonchev–Trinajstić information content (AvgIpc) is 2.49. The van der Waals surface area contributed by atoms with Crippen molar-refractivity contribution in [3.8, 4) is 0 Å². The van der Waals surface area contributed by atoms with E-state index in [4.69, 9.17) is 5.73 Å². The molecule has 0 saturated heterocycles. The standard InChI is InChI=1S/C8H8BrN3/c9-7-2-1-3-12-6(4-10)5-11-8(7)12/h1-3,5H,4,10H2. The summed E-state index contributed by atoms with van der Waals surface area (Å²) in [5, 5.41) is 0. The number of fused-ring (bicyclic) bond motifs is 1. The number of rotatable bonds is 1. The molecule has 2 aromatic rings. The van der Waals surface area contributed by atoms with Gasteiger partial charge < -0.3 is 10.1 Å². The van der Waals surface area contributed by atoms with Gasteiger partial charge in [0.1, 0.15) is 0 Å². The molecule has 3 nitrogen and oxygen atoms in total. The van der Waals surface area contributed by atoms with Gasteiger partial charge in [-0.15, -0.1) is 0 Å². The van der Waals surface area contributed by atoms with Crippen LogP contribution in [0.2, 0.25) is 0 Å². The zero-order chi connectivity index (χ0) is 8.55. The lowest BCUT2D eigenvalue weighted by molar-refractivity contribution is 0.958. The topological polar surface area (TPSA) is 43.3 Å². The monoisotopic (exact) mass is 225 g/mol. The highest BCUT2D eigenvalue weighted by atomic mass is 79.9. The van der Waals surface area contributed by atoms with Crippen LogP contribution < -0.4 is 5.73 Å². The van der Waals surface area contributed by atoms with Crippen LogP contribution in [-0.4, -0.2) is 9.38 Å². The van der Waals surface area contributed by atoms with E-state index in [0.717, 1.165) is 15.8 Å². The van der Waals surface area contributed by atoms with E-state index in [1.807, 2.05) is 22.7 Å². The maximum atomic E-state index is 5.53. The molecule has 2 heterocycles. The molecule has 0 spiro atoms. The minimum Gasteiger partial charge on any atom is -0.325 e. The van der Waals surface area contributed by atoms with Gasteiger partial charge in [-0.05, 0) is 28.1 Å². The van der Waals surface area contributed by atoms with Gasteiger partial charge in [-0.1, -0.05) is 0 Å². The summed E-state index contributed by atoms with van der Waals surface area (Å²) < 4.78 is 2.97. The van der Waals surface area contributed by atoms with Gasteiger partial charge in [-0.3, -0.25) is 0 Å². The Kier molecular flexibility index (Phi) is 1.86. The van der Waals surface area contributed by atoms with Crippen LogP contribution in [0.5, 0.6) is 0 Å². The van der Waals surface area contributed by atoms with Crippen LogP contribution in [0.25, 0.3) is 5.65 Å². The molecule has 0 radical (unpaired) electrons. The van der Waals surface area contributed by atoms with Gasteiger partial charge in [0, 0.05) is 12.7 Å². The van der Waals surface area contributed by atoms with Crippen molar-refractivity contribution < 1.29 is 0 Å². The average molecular weight is 226 g/mol. The lowest BCUT2D eigenvalue weighted by atomic mass is 10.4. The van der Waals surface area contributed by atoms with E-state index in [9.17, 15) is 0 Å². The van der Waals surface area contributed by atoms with E-state index < -0.39 is 0 Å². The smallest absolute Gasteiger partial charge is 0.151 e. The highest BCUT2D eigenvalue weighted by Gasteiger charge is 2.02. The van der Waals surface area contributed by atoms with Crippen molar-refractivity contribution in [1.82, 2.24) is 9.38 Å². The van der Waals surface area contributed by atoms with Crippen LogP contribution in [-0.2, 0) is 6.54 Å². The maximum absolute atomic E-state index is 5.53. The van der Waals surface area contributed by atoms with Crippen molar-refractivity contribution in [2.24, 2.45) is 5.73 Å². The van der Waals surface area contributed by atoms with Crippen molar-refractivity contribution in [3.05, 3.63) is 34.7 Å². The van der Waals surface area contributed by atoms with Gasteiger partial charge in [0.15, 0.2) is 5.65 Å². The minimum atomic E-state index is 0.512. The molecule has 0 amide bonds. The Hall–Kier alpha value is -0.870. The van der Waals surface area contributed by atoms with Crippen LogP contribution in [0, 0.1) is 0 Å². The number of hydrogen-bond donors (Lipinski definition) is 1. The molecule has 2 aromatic heterocycles. The molecule has 62 valence electrons. The van der Waals surface area contributed by atoms with Crippen molar-refractivity contribution in [1.29, 1.82) is 0 Å². The van der Waals surface area contributed by atoms with Gasteiger partial charge in [0.2, 0.25) is 0 Å². The van der Waals surface area contributed by atoms with E-state index in [1.165, 1.54) is 0 Å². The summed E-state index contributed by atoms with van der Waals surface area (Å²) in [6.07, 6.45) is 3.75. The van der Waals surface area contributed by atoms with Crippen LogP contribution in [0.4, 0.5) is 0 Å². The molecule has 0 fully saturated rings. The van der Waals surface area contributed by atoms with E-state index >= 15 is 0 Å². The first-order valence-corrected chi connectivity index (χ1v) is 4.43. The second-order valence-corrected chi connectivity index (χ2v) is 3.36. The minimum absolute atomic E-state index is 0.512. The second-order valence-electron chi connectivity index (χ2n) is 2.50. The van der Waals surface area contributed by atoms with E-state index in [2.05, 4.69) is 20.9 Å². The molecular weight excluding hydrogens is 218 g/mol. The van der Waals surface area contributed by atoms with Crippen molar-refractivity contribution >= 4 is 21.6 Å². The van der Waals surface area contributed by atoms with Crippen LogP contribution >= 0.6 is 15.9 Å². The summed E-state index contributed by atoms with van der Waals surface area (Å²) in [6.45, 7) is 0.512. The molecule has 0 atom stereocenters. The normalized spacial score (nSPS) is 10.8. The molecule has 0 aliphatic carbocycles. The quantitative estimate of drug-likeness (QED) is 0.801. The Morgan fingerprint density at radius 2 is 2.42 bits per heavy atom. The predicted molar refractivity (Wildman–Crippen MR) is 50.8 cm³/mol. The molecule has 0 bridgehead atoms.